The molecule has 0 spiro atoms. The predicted octanol–water partition coefficient (Wildman–Crippen LogP) is 7.75. The Bertz CT molecular complexity index is 913. The molecule has 0 aromatic heterocycles. The highest BCUT2D eigenvalue weighted by atomic mass is 16.2. The number of unbranched alkanes of at least 4 members (excludes halogenated alkanes) is 2. The Hall–Kier alpha value is -2.50. The van der Waals surface area contributed by atoms with Crippen molar-refractivity contribution in [2.75, 3.05) is 26.2 Å². The molecule has 1 aliphatic heterocycles. The molecule has 6 heteroatoms. The molecule has 222 valence electrons. The van der Waals surface area contributed by atoms with Gasteiger partial charge in [0.15, 0.2) is 0 Å². The summed E-state index contributed by atoms with van der Waals surface area (Å²) in [6, 6.07) is 11.4. The summed E-state index contributed by atoms with van der Waals surface area (Å²) in [7, 11) is 0. The molecule has 2 aliphatic carbocycles. The lowest BCUT2D eigenvalue weighted by Crippen LogP contribution is -2.51. The summed E-state index contributed by atoms with van der Waals surface area (Å²) in [4.78, 5) is 30.7. The zero-order valence-electron chi connectivity index (χ0n) is 25.0. The Balaban J connectivity index is 1.38. The van der Waals surface area contributed by atoms with Crippen molar-refractivity contribution in [3.05, 3.63) is 41.5 Å². The van der Waals surface area contributed by atoms with Crippen molar-refractivity contribution in [2.45, 2.75) is 122 Å². The van der Waals surface area contributed by atoms with Gasteiger partial charge in [0.25, 0.3) is 0 Å². The number of carbonyl (C=O) groups is 2. The summed E-state index contributed by atoms with van der Waals surface area (Å²) in [6.07, 6.45) is 20.7. The number of nitrogens with zero attached hydrogens (tertiary/aromatic N) is 2. The number of urea groups is 2. The summed E-state index contributed by atoms with van der Waals surface area (Å²) in [5, 5.41) is 6.69. The molecular formula is C34H54N4O2. The van der Waals surface area contributed by atoms with Gasteiger partial charge in [-0.3, -0.25) is 0 Å². The van der Waals surface area contributed by atoms with Gasteiger partial charge in [-0.1, -0.05) is 100 Å². The van der Waals surface area contributed by atoms with Crippen LogP contribution in [0.15, 0.2) is 35.9 Å². The first-order valence-corrected chi connectivity index (χ1v) is 16.5. The molecule has 0 atom stereocenters. The summed E-state index contributed by atoms with van der Waals surface area (Å²) in [5.41, 5.74) is 2.54. The largest absolute Gasteiger partial charge is 0.335 e. The van der Waals surface area contributed by atoms with E-state index in [1.54, 1.807) is 0 Å². The number of likely N-dealkylation sites (tertiary alicyclic amines) is 1. The topological polar surface area (TPSA) is 64.7 Å². The van der Waals surface area contributed by atoms with Crippen molar-refractivity contribution in [1.29, 1.82) is 0 Å². The lowest BCUT2D eigenvalue weighted by molar-refractivity contribution is 0.144. The van der Waals surface area contributed by atoms with Gasteiger partial charge in [-0.25, -0.2) is 9.59 Å². The van der Waals surface area contributed by atoms with Crippen molar-refractivity contribution < 1.29 is 9.59 Å². The van der Waals surface area contributed by atoms with Crippen LogP contribution in [0, 0.1) is 5.92 Å². The van der Waals surface area contributed by atoms with Crippen LogP contribution < -0.4 is 10.6 Å². The molecule has 2 saturated carbocycles. The molecule has 3 fully saturated rings. The fraction of sp³-hybridized carbons (Fsp3) is 0.706. The smallest absolute Gasteiger partial charge is 0.317 e. The highest BCUT2D eigenvalue weighted by Gasteiger charge is 2.28. The second-order valence-corrected chi connectivity index (χ2v) is 12.6. The van der Waals surface area contributed by atoms with Crippen LogP contribution >= 0.6 is 0 Å². The molecule has 0 radical (unpaired) electrons. The van der Waals surface area contributed by atoms with E-state index in [9.17, 15) is 9.59 Å². The summed E-state index contributed by atoms with van der Waals surface area (Å²) in [6.45, 7) is 5.25. The fourth-order valence-corrected chi connectivity index (χ4v) is 6.70. The van der Waals surface area contributed by atoms with Crippen molar-refractivity contribution in [2.24, 2.45) is 5.92 Å². The SMILES string of the molecule is CCCCCC(=Cc1ccccc1)CN(CC1CCN(C(=O)NC2CCCCC2)CC1)C(=O)NC1CCCCC1. The van der Waals surface area contributed by atoms with E-state index >= 15 is 0 Å². The van der Waals surface area contributed by atoms with Gasteiger partial charge >= 0.3 is 12.1 Å². The number of hydrogen-bond donors (Lipinski definition) is 2. The van der Waals surface area contributed by atoms with Gasteiger partial charge in [0.2, 0.25) is 0 Å². The van der Waals surface area contributed by atoms with Crippen LogP contribution in [0.3, 0.4) is 0 Å². The van der Waals surface area contributed by atoms with E-state index in [2.05, 4.69) is 58.9 Å². The van der Waals surface area contributed by atoms with Gasteiger partial charge in [0, 0.05) is 38.3 Å². The molecule has 3 aliphatic rings. The number of nitrogens with one attached hydrogen (secondary N) is 2. The minimum atomic E-state index is 0.0961. The van der Waals surface area contributed by atoms with Crippen LogP contribution in [0.25, 0.3) is 6.08 Å². The maximum atomic E-state index is 13.7. The van der Waals surface area contributed by atoms with Crippen LogP contribution in [0.2, 0.25) is 0 Å². The molecule has 1 aromatic rings. The quantitative estimate of drug-likeness (QED) is 0.277. The van der Waals surface area contributed by atoms with Gasteiger partial charge in [-0.05, 0) is 62.8 Å². The average molecular weight is 551 g/mol. The van der Waals surface area contributed by atoms with Crippen LogP contribution in [0.1, 0.15) is 115 Å². The third kappa shape index (κ3) is 10.2. The Morgan fingerprint density at radius 3 is 2.10 bits per heavy atom. The highest BCUT2D eigenvalue weighted by Crippen LogP contribution is 2.24. The number of hydrogen-bond acceptors (Lipinski definition) is 2. The molecule has 1 heterocycles. The Morgan fingerprint density at radius 1 is 0.850 bits per heavy atom. The molecule has 6 nitrogen and oxygen atoms in total. The molecule has 1 saturated heterocycles. The van der Waals surface area contributed by atoms with E-state index in [0.717, 1.165) is 71.0 Å². The van der Waals surface area contributed by atoms with Gasteiger partial charge in [-0.15, -0.1) is 0 Å². The molecule has 4 amide bonds. The van der Waals surface area contributed by atoms with Crippen LogP contribution in [0.4, 0.5) is 9.59 Å². The molecule has 2 N–H and O–H groups in total. The molecular weight excluding hydrogens is 496 g/mol. The zero-order valence-corrected chi connectivity index (χ0v) is 25.0. The number of piperidine rings is 1. The highest BCUT2D eigenvalue weighted by molar-refractivity contribution is 5.75. The van der Waals surface area contributed by atoms with Crippen molar-refractivity contribution >= 4 is 18.1 Å². The van der Waals surface area contributed by atoms with E-state index < -0.39 is 0 Å². The first-order valence-electron chi connectivity index (χ1n) is 16.5. The maximum Gasteiger partial charge on any atom is 0.317 e. The molecule has 40 heavy (non-hydrogen) atoms. The minimum Gasteiger partial charge on any atom is -0.335 e. The molecule has 1 aromatic carbocycles. The van der Waals surface area contributed by atoms with Gasteiger partial charge in [-0.2, -0.15) is 0 Å². The maximum absolute atomic E-state index is 13.7. The van der Waals surface area contributed by atoms with Crippen molar-refractivity contribution in [3.63, 3.8) is 0 Å². The lowest BCUT2D eigenvalue weighted by Gasteiger charge is -2.37. The Labute approximate surface area is 243 Å². The van der Waals surface area contributed by atoms with E-state index in [1.807, 2.05) is 4.90 Å². The standard InChI is InChI=1S/C34H54N4O2/c1-2-3-7-16-30(25-28-14-8-4-9-15-28)27-38(34(40)36-32-19-12-6-13-20-32)26-29-21-23-37(24-22-29)33(39)35-31-17-10-5-11-18-31/h4,8-9,14-15,25,29,31-32H,2-3,5-7,10-13,16-24,26-27H2,1H3,(H,35,39)(H,36,40). The summed E-state index contributed by atoms with van der Waals surface area (Å²) >= 11 is 0. The molecule has 0 unspecified atom stereocenters. The molecule has 0 bridgehead atoms. The van der Waals surface area contributed by atoms with E-state index in [-0.39, 0.29) is 12.1 Å². The average Bonchev–Trinajstić information content (AvgIpc) is 2.99. The Kier molecular flexibility index (Phi) is 12.7. The molecule has 4 rings (SSSR count). The van der Waals surface area contributed by atoms with E-state index in [1.165, 1.54) is 62.5 Å². The normalized spacial score (nSPS) is 19.8. The minimum absolute atomic E-state index is 0.0961. The van der Waals surface area contributed by atoms with Crippen LogP contribution in [-0.2, 0) is 0 Å². The van der Waals surface area contributed by atoms with Crippen LogP contribution in [-0.4, -0.2) is 60.1 Å². The van der Waals surface area contributed by atoms with Crippen molar-refractivity contribution in [1.82, 2.24) is 20.4 Å². The predicted molar refractivity (Wildman–Crippen MR) is 165 cm³/mol. The number of benzene rings is 1. The van der Waals surface area contributed by atoms with Crippen LogP contribution in [0.5, 0.6) is 0 Å². The summed E-state index contributed by atoms with van der Waals surface area (Å²) < 4.78 is 0. The first kappa shape index (κ1) is 30.5. The van der Waals surface area contributed by atoms with Gasteiger partial charge in [0.1, 0.15) is 0 Å². The number of carbonyl (C=O) groups excluding carboxylic acids is 2. The fourth-order valence-electron chi connectivity index (χ4n) is 6.70. The van der Waals surface area contributed by atoms with E-state index in [0.29, 0.717) is 24.5 Å². The first-order chi connectivity index (χ1) is 19.6. The monoisotopic (exact) mass is 550 g/mol. The number of amides is 4. The summed E-state index contributed by atoms with van der Waals surface area (Å²) in [5.74, 6) is 0.421. The third-order valence-electron chi connectivity index (χ3n) is 9.20. The van der Waals surface area contributed by atoms with Gasteiger partial charge < -0.3 is 20.4 Å². The van der Waals surface area contributed by atoms with Crippen molar-refractivity contribution in [3.8, 4) is 0 Å². The third-order valence-corrected chi connectivity index (χ3v) is 9.20. The second-order valence-electron chi connectivity index (χ2n) is 12.6. The lowest BCUT2D eigenvalue weighted by atomic mass is 9.94. The second kappa shape index (κ2) is 16.7. The van der Waals surface area contributed by atoms with E-state index in [4.69, 9.17) is 0 Å². The van der Waals surface area contributed by atoms with Gasteiger partial charge in [0.05, 0.1) is 0 Å². The zero-order chi connectivity index (χ0) is 28.0. The Morgan fingerprint density at radius 2 is 1.48 bits per heavy atom. The number of rotatable bonds is 11.